The third-order valence-electron chi connectivity index (χ3n) is 4.85. The van der Waals surface area contributed by atoms with Crippen molar-refractivity contribution in [3.05, 3.63) is 172 Å². The maximum atomic E-state index is 3.58. The fourth-order valence-corrected chi connectivity index (χ4v) is 3.47. The number of hydrogen-bond acceptors (Lipinski definition) is 0. The number of fused-ring (bicyclic) bond motifs is 2. The van der Waals surface area contributed by atoms with E-state index in [-0.39, 0.29) is 77.8 Å². The first-order valence-corrected chi connectivity index (χ1v) is 9.22. The molecule has 0 saturated heterocycles. The summed E-state index contributed by atoms with van der Waals surface area (Å²) < 4.78 is 0. The van der Waals surface area contributed by atoms with E-state index in [2.05, 4.69) is 72.8 Å². The van der Waals surface area contributed by atoms with Gasteiger partial charge >= 0.3 is 0 Å². The molecule has 0 bridgehead atoms. The van der Waals surface area contributed by atoms with Gasteiger partial charge in [0.05, 0.1) is 0 Å². The zero-order chi connectivity index (χ0) is 17.6. The Labute approximate surface area is 232 Å². The van der Waals surface area contributed by atoms with Crippen LogP contribution in [0.5, 0.6) is 0 Å². The third kappa shape index (κ3) is 10.9. The van der Waals surface area contributed by atoms with E-state index in [0.29, 0.717) is 0 Å². The first-order chi connectivity index (χ1) is 12.9. The number of benzene rings is 3. The van der Waals surface area contributed by atoms with Crippen LogP contribution < -0.4 is 0 Å². The molecular weight excluding hydrogens is 575 g/mol. The summed E-state index contributed by atoms with van der Waals surface area (Å²) in [5, 5.41) is 2.67. The molecule has 4 aromatic carbocycles. The third-order valence-corrected chi connectivity index (χ3v) is 4.85. The predicted octanol–water partition coefficient (Wildman–Crippen LogP) is 9.77. The molecule has 0 spiro atoms. The Hall–Kier alpha value is -2.12. The van der Waals surface area contributed by atoms with Crippen molar-refractivity contribution >= 4 is 16.3 Å². The summed E-state index contributed by atoms with van der Waals surface area (Å²) in [5.41, 5.74) is 5.63. The molecule has 1 aliphatic carbocycles. The predicted molar refractivity (Wildman–Crippen MR) is 156 cm³/mol. The summed E-state index contributed by atoms with van der Waals surface area (Å²) in [7, 11) is 0. The van der Waals surface area contributed by atoms with Gasteiger partial charge in [0, 0.05) is 25.8 Å². The summed E-state index contributed by atoms with van der Waals surface area (Å²) in [6.07, 6.45) is 6.72. The van der Waals surface area contributed by atoms with Crippen molar-refractivity contribution in [1.29, 1.82) is 0 Å². The molecule has 0 atom stereocenters. The van der Waals surface area contributed by atoms with Crippen LogP contribution >= 0.6 is 0 Å². The molecule has 0 amide bonds. The first-order valence-electron chi connectivity index (χ1n) is 9.22. The molecule has 1 aliphatic rings. The number of aryl methyl sites for hydroxylation is 1. The van der Waals surface area contributed by atoms with Crippen molar-refractivity contribution in [3.63, 3.8) is 0 Å². The molecule has 0 radical (unpaired) electrons. The molecule has 0 fully saturated rings. The maximum Gasteiger partial charge on any atom is 0 e. The second-order valence-electron chi connectivity index (χ2n) is 6.64. The van der Waals surface area contributed by atoms with Gasteiger partial charge in [0.1, 0.15) is 0 Å². The smallest absolute Gasteiger partial charge is 0 e. The van der Waals surface area contributed by atoms with E-state index in [4.69, 9.17) is 0 Å². The van der Waals surface area contributed by atoms with E-state index < -0.39 is 0 Å². The van der Waals surface area contributed by atoms with Crippen molar-refractivity contribution in [1.82, 2.24) is 0 Å². The SMILES string of the molecule is [C-]1=C(CCc2ccccc2)c2cc3ccccc3cc2C1.[CH3-].[CH3-].[CH3-].[CH3-].[CH3-].[CH3-].[CH3-].[Hf].c1cc[cH-]c1. The monoisotopic (exact) mass is 619 g/mol. The van der Waals surface area contributed by atoms with E-state index in [9.17, 15) is 0 Å². The molecular formula is C33H43Hf-9. The van der Waals surface area contributed by atoms with Crippen LogP contribution in [-0.4, -0.2) is 0 Å². The van der Waals surface area contributed by atoms with Crippen molar-refractivity contribution in [2.24, 2.45) is 0 Å². The Morgan fingerprint density at radius 2 is 1.15 bits per heavy atom. The minimum Gasteiger partial charge on any atom is -0.358 e. The molecule has 0 heterocycles. The van der Waals surface area contributed by atoms with Gasteiger partial charge < -0.3 is 52.0 Å². The summed E-state index contributed by atoms with van der Waals surface area (Å²) >= 11 is 0. The van der Waals surface area contributed by atoms with Crippen LogP contribution in [0.3, 0.4) is 0 Å². The molecule has 0 unspecified atom stereocenters. The zero-order valence-corrected chi connectivity index (χ0v) is 26.0. The average Bonchev–Trinajstić information content (AvgIpc) is 3.39. The standard InChI is InChI=1S/C21H17.C5H5.7CH3.Hf/c1-2-6-16(7-3-1)10-11-17-12-13-20-14-18-8-4-5-9-19(18)15-21(17)20;1-2-4-5-3-1;;;;;;;;/h1-9,14-15H,10-11,13H2;1-5H;7*1H3;/q9*-1;. The molecule has 0 aliphatic heterocycles. The number of hydrogen-bond donors (Lipinski definition) is 0. The Morgan fingerprint density at radius 3 is 1.68 bits per heavy atom. The normalized spacial score (nSPS) is 9.35. The maximum absolute atomic E-state index is 3.58. The number of rotatable bonds is 3. The fraction of sp³-hybridized carbons (Fsp3) is 0.0909. The molecule has 0 aromatic heterocycles. The van der Waals surface area contributed by atoms with E-state index in [1.807, 2.05) is 30.3 Å². The number of allylic oxidation sites excluding steroid dienone is 2. The van der Waals surface area contributed by atoms with Crippen LogP contribution in [0, 0.1) is 58.1 Å². The van der Waals surface area contributed by atoms with Crippen molar-refractivity contribution in [3.8, 4) is 0 Å². The summed E-state index contributed by atoms with van der Waals surface area (Å²) in [5.74, 6) is 0. The van der Waals surface area contributed by atoms with Crippen LogP contribution in [0.2, 0.25) is 0 Å². The summed E-state index contributed by atoms with van der Waals surface area (Å²) in [6.45, 7) is 0. The first kappa shape index (κ1) is 42.1. The minimum atomic E-state index is 0. The van der Waals surface area contributed by atoms with Crippen LogP contribution in [0.25, 0.3) is 16.3 Å². The van der Waals surface area contributed by atoms with Gasteiger partial charge in [-0.2, -0.15) is 23.8 Å². The molecule has 188 valence electrons. The van der Waals surface area contributed by atoms with Gasteiger partial charge in [-0.25, -0.2) is 17.7 Å². The second-order valence-corrected chi connectivity index (χ2v) is 6.64. The van der Waals surface area contributed by atoms with Gasteiger partial charge in [0.2, 0.25) is 0 Å². The quantitative estimate of drug-likeness (QED) is 0.159. The average molecular weight is 618 g/mol. The van der Waals surface area contributed by atoms with Crippen molar-refractivity contribution in [2.45, 2.75) is 19.3 Å². The molecule has 0 saturated carbocycles. The van der Waals surface area contributed by atoms with Gasteiger partial charge in [-0.1, -0.05) is 67.1 Å². The van der Waals surface area contributed by atoms with Crippen LogP contribution in [-0.2, 0) is 38.7 Å². The summed E-state index contributed by atoms with van der Waals surface area (Å²) in [6, 6.07) is 34.0. The molecule has 5 rings (SSSR count). The fourth-order valence-electron chi connectivity index (χ4n) is 3.47. The van der Waals surface area contributed by atoms with Crippen molar-refractivity contribution in [2.75, 3.05) is 0 Å². The van der Waals surface area contributed by atoms with E-state index in [0.717, 1.165) is 19.3 Å². The Kier molecular flexibility index (Phi) is 26.5. The largest absolute Gasteiger partial charge is 0.358 e. The topological polar surface area (TPSA) is 0 Å². The Balaban J connectivity index is -0.000000195. The zero-order valence-electron chi connectivity index (χ0n) is 22.4. The Morgan fingerprint density at radius 1 is 0.618 bits per heavy atom. The summed E-state index contributed by atoms with van der Waals surface area (Å²) in [4.78, 5) is 0. The molecule has 0 N–H and O–H groups in total. The van der Waals surface area contributed by atoms with Gasteiger partial charge in [0.15, 0.2) is 0 Å². The molecule has 34 heavy (non-hydrogen) atoms. The van der Waals surface area contributed by atoms with E-state index in [1.54, 1.807) is 0 Å². The van der Waals surface area contributed by atoms with Gasteiger partial charge in [-0.05, 0) is 22.8 Å². The van der Waals surface area contributed by atoms with Crippen molar-refractivity contribution < 1.29 is 25.8 Å². The molecule has 1 heteroatoms. The van der Waals surface area contributed by atoms with E-state index in [1.165, 1.54) is 33.0 Å². The van der Waals surface area contributed by atoms with E-state index >= 15 is 0 Å². The molecule has 4 aromatic rings. The van der Waals surface area contributed by atoms with Gasteiger partial charge in [0.25, 0.3) is 0 Å². The second kappa shape index (κ2) is 21.4. The van der Waals surface area contributed by atoms with Crippen LogP contribution in [0.4, 0.5) is 0 Å². The van der Waals surface area contributed by atoms with Crippen LogP contribution in [0.1, 0.15) is 23.1 Å². The molecule has 0 nitrogen and oxygen atoms in total. The van der Waals surface area contributed by atoms with Gasteiger partial charge in [-0.15, -0.1) is 18.1 Å². The minimum absolute atomic E-state index is 0. The van der Waals surface area contributed by atoms with Gasteiger partial charge in [-0.3, -0.25) is 6.08 Å². The Bertz CT molecular complexity index is 978. The van der Waals surface area contributed by atoms with Crippen LogP contribution in [0.15, 0.2) is 97.1 Å².